The lowest BCUT2D eigenvalue weighted by Crippen LogP contribution is -2.30. The predicted molar refractivity (Wildman–Crippen MR) is 130 cm³/mol. The molecule has 170 valence electrons. The summed E-state index contributed by atoms with van der Waals surface area (Å²) in [7, 11) is 0. The van der Waals surface area contributed by atoms with E-state index in [2.05, 4.69) is 0 Å². The van der Waals surface area contributed by atoms with Crippen molar-refractivity contribution in [3.8, 4) is 0 Å². The van der Waals surface area contributed by atoms with Crippen LogP contribution in [0.2, 0.25) is 10.0 Å². The first-order valence-corrected chi connectivity index (χ1v) is 11.0. The topological polar surface area (TPSA) is 65.0 Å². The van der Waals surface area contributed by atoms with Gasteiger partial charge in [0.05, 0.1) is 5.71 Å². The monoisotopic (exact) mass is 483 g/mol. The van der Waals surface area contributed by atoms with Gasteiger partial charge in [-0.15, -0.1) is 0 Å². The summed E-state index contributed by atoms with van der Waals surface area (Å²) in [5.41, 5.74) is 3.09. The first kappa shape index (κ1) is 24.5. The summed E-state index contributed by atoms with van der Waals surface area (Å²) in [5, 5.41) is 1.20. The van der Waals surface area contributed by atoms with E-state index in [-0.39, 0.29) is 6.61 Å². The van der Waals surface area contributed by atoms with Gasteiger partial charge in [-0.1, -0.05) is 77.8 Å². The summed E-state index contributed by atoms with van der Waals surface area (Å²) in [5.74, 6) is -0.971. The van der Waals surface area contributed by atoms with Gasteiger partial charge < -0.3 is 9.47 Å². The minimum atomic E-state index is -0.830. The first-order valence-electron chi connectivity index (χ1n) is 10.3. The SMILES string of the molecule is CC(=O)OC[C@@H](OC(C)=O)[C@@H](N=C(c1ccc(Cl)cc1)c1ccc(Cl)cc1)c1ccccc1. The van der Waals surface area contributed by atoms with Crippen LogP contribution >= 0.6 is 23.2 Å². The van der Waals surface area contributed by atoms with E-state index in [1.807, 2.05) is 54.6 Å². The number of hydrogen-bond donors (Lipinski definition) is 0. The maximum Gasteiger partial charge on any atom is 0.303 e. The molecular formula is C26H23Cl2NO4. The molecule has 0 bridgehead atoms. The molecule has 0 radical (unpaired) electrons. The van der Waals surface area contributed by atoms with Gasteiger partial charge in [0.1, 0.15) is 12.6 Å². The van der Waals surface area contributed by atoms with Gasteiger partial charge in [-0.2, -0.15) is 0 Å². The highest BCUT2D eigenvalue weighted by atomic mass is 35.5. The second-order valence-corrected chi connectivity index (χ2v) is 8.17. The van der Waals surface area contributed by atoms with Gasteiger partial charge in [0, 0.05) is 35.0 Å². The van der Waals surface area contributed by atoms with Crippen LogP contribution < -0.4 is 0 Å². The predicted octanol–water partition coefficient (Wildman–Crippen LogP) is 6.07. The zero-order valence-electron chi connectivity index (χ0n) is 18.2. The number of rotatable bonds is 8. The Balaban J connectivity index is 2.17. The smallest absolute Gasteiger partial charge is 0.303 e. The van der Waals surface area contributed by atoms with E-state index in [9.17, 15) is 9.59 Å². The summed E-state index contributed by atoms with van der Waals surface area (Å²) < 4.78 is 10.8. The molecule has 0 aromatic heterocycles. The molecule has 0 fully saturated rings. The first-order chi connectivity index (χ1) is 15.8. The third-order valence-corrected chi connectivity index (χ3v) is 5.27. The Kier molecular flexibility index (Phi) is 8.64. The van der Waals surface area contributed by atoms with Gasteiger partial charge in [-0.3, -0.25) is 14.6 Å². The Morgan fingerprint density at radius 1 is 0.788 bits per heavy atom. The third-order valence-electron chi connectivity index (χ3n) is 4.76. The average molecular weight is 484 g/mol. The van der Waals surface area contributed by atoms with Gasteiger partial charge in [0.2, 0.25) is 0 Å². The maximum atomic E-state index is 11.9. The Labute approximate surface area is 203 Å². The zero-order valence-corrected chi connectivity index (χ0v) is 19.7. The molecule has 0 aliphatic rings. The number of carbonyl (C=O) groups is 2. The van der Waals surface area contributed by atoms with Crippen molar-refractivity contribution in [3.63, 3.8) is 0 Å². The minimum Gasteiger partial charge on any atom is -0.462 e. The van der Waals surface area contributed by atoms with E-state index >= 15 is 0 Å². The highest BCUT2D eigenvalue weighted by Crippen LogP contribution is 2.28. The molecular weight excluding hydrogens is 461 g/mol. The van der Waals surface area contributed by atoms with Gasteiger partial charge in [0.15, 0.2) is 6.10 Å². The van der Waals surface area contributed by atoms with Crippen LogP contribution in [0.4, 0.5) is 0 Å². The number of aliphatic imine (C=N–C) groups is 1. The standard InChI is InChI=1S/C26H23Cl2NO4/c1-17(30)32-16-24(33-18(2)31)26(19-6-4-3-5-7-19)29-25(20-8-12-22(27)13-9-20)21-10-14-23(28)15-11-21/h3-15,24,26H,16H2,1-2H3/t24-,26+/m1/s1. The molecule has 0 saturated heterocycles. The fourth-order valence-corrected chi connectivity index (χ4v) is 3.55. The van der Waals surface area contributed by atoms with Crippen molar-refractivity contribution in [2.24, 2.45) is 4.99 Å². The molecule has 7 heteroatoms. The van der Waals surface area contributed by atoms with Crippen molar-refractivity contribution in [1.29, 1.82) is 0 Å². The van der Waals surface area contributed by atoms with Crippen LogP contribution in [0.15, 0.2) is 83.9 Å². The van der Waals surface area contributed by atoms with Crippen molar-refractivity contribution in [2.75, 3.05) is 6.61 Å². The van der Waals surface area contributed by atoms with Crippen molar-refractivity contribution >= 4 is 40.9 Å². The van der Waals surface area contributed by atoms with Gasteiger partial charge in [-0.05, 0) is 29.8 Å². The van der Waals surface area contributed by atoms with Crippen LogP contribution in [0.3, 0.4) is 0 Å². The molecule has 0 N–H and O–H groups in total. The summed E-state index contributed by atoms with van der Waals surface area (Å²) in [6.45, 7) is 2.48. The van der Waals surface area contributed by atoms with Crippen LogP contribution in [0, 0.1) is 0 Å². The Morgan fingerprint density at radius 2 is 1.30 bits per heavy atom. The van der Waals surface area contributed by atoms with E-state index < -0.39 is 24.1 Å². The van der Waals surface area contributed by atoms with E-state index in [1.165, 1.54) is 13.8 Å². The van der Waals surface area contributed by atoms with E-state index in [0.717, 1.165) is 16.7 Å². The molecule has 0 amide bonds. The number of esters is 2. The van der Waals surface area contributed by atoms with E-state index in [1.54, 1.807) is 24.3 Å². The number of hydrogen-bond acceptors (Lipinski definition) is 5. The highest BCUT2D eigenvalue weighted by Gasteiger charge is 2.28. The minimum absolute atomic E-state index is 0.132. The highest BCUT2D eigenvalue weighted by molar-refractivity contribution is 6.31. The normalized spacial score (nSPS) is 12.4. The molecule has 0 spiro atoms. The Hall–Kier alpha value is -3.15. The maximum absolute atomic E-state index is 11.9. The fourth-order valence-electron chi connectivity index (χ4n) is 3.30. The van der Waals surface area contributed by atoms with Crippen molar-refractivity contribution in [3.05, 3.63) is 106 Å². The van der Waals surface area contributed by atoms with E-state index in [0.29, 0.717) is 15.8 Å². The number of nitrogens with zero attached hydrogens (tertiary/aromatic N) is 1. The second-order valence-electron chi connectivity index (χ2n) is 7.30. The van der Waals surface area contributed by atoms with Crippen LogP contribution in [0.5, 0.6) is 0 Å². The fraction of sp³-hybridized carbons (Fsp3) is 0.192. The Bertz CT molecular complexity index is 1070. The van der Waals surface area contributed by atoms with Crippen molar-refractivity contribution in [1.82, 2.24) is 0 Å². The number of carbonyl (C=O) groups excluding carboxylic acids is 2. The van der Waals surface area contributed by atoms with Gasteiger partial charge in [-0.25, -0.2) is 0 Å². The van der Waals surface area contributed by atoms with Crippen molar-refractivity contribution < 1.29 is 19.1 Å². The second kappa shape index (κ2) is 11.6. The number of benzene rings is 3. The van der Waals surface area contributed by atoms with Crippen LogP contribution in [0.1, 0.15) is 36.6 Å². The molecule has 0 unspecified atom stereocenters. The van der Waals surface area contributed by atoms with Gasteiger partial charge in [0.25, 0.3) is 0 Å². The number of ether oxygens (including phenoxy) is 2. The van der Waals surface area contributed by atoms with Crippen LogP contribution in [0.25, 0.3) is 0 Å². The number of halogens is 2. The summed E-state index contributed by atoms with van der Waals surface area (Å²) in [6.07, 6.45) is -0.830. The lowest BCUT2D eigenvalue weighted by atomic mass is 9.98. The lowest BCUT2D eigenvalue weighted by Gasteiger charge is -2.25. The average Bonchev–Trinajstić information content (AvgIpc) is 2.79. The molecule has 0 aliphatic heterocycles. The summed E-state index contributed by atoms with van der Waals surface area (Å²) >= 11 is 12.2. The molecule has 0 aliphatic carbocycles. The molecule has 3 aromatic rings. The molecule has 0 saturated carbocycles. The zero-order chi connectivity index (χ0) is 23.8. The van der Waals surface area contributed by atoms with Gasteiger partial charge >= 0.3 is 11.9 Å². The quantitative estimate of drug-likeness (QED) is 0.288. The van der Waals surface area contributed by atoms with E-state index in [4.69, 9.17) is 37.7 Å². The molecule has 3 aromatic carbocycles. The third kappa shape index (κ3) is 7.17. The van der Waals surface area contributed by atoms with Crippen molar-refractivity contribution in [2.45, 2.75) is 26.0 Å². The summed E-state index contributed by atoms with van der Waals surface area (Å²) in [4.78, 5) is 28.4. The summed E-state index contributed by atoms with van der Waals surface area (Å²) in [6, 6.07) is 23.4. The molecule has 33 heavy (non-hydrogen) atoms. The molecule has 0 heterocycles. The molecule has 2 atom stereocenters. The molecule has 5 nitrogen and oxygen atoms in total. The van der Waals surface area contributed by atoms with Crippen LogP contribution in [-0.4, -0.2) is 30.4 Å². The lowest BCUT2D eigenvalue weighted by molar-refractivity contribution is -0.157. The van der Waals surface area contributed by atoms with Crippen LogP contribution in [-0.2, 0) is 19.1 Å². The largest absolute Gasteiger partial charge is 0.462 e. The molecule has 3 rings (SSSR count). The Morgan fingerprint density at radius 3 is 1.76 bits per heavy atom.